The van der Waals surface area contributed by atoms with Crippen LogP contribution in [0.1, 0.15) is 23.2 Å². The van der Waals surface area contributed by atoms with Crippen LogP contribution in [0.3, 0.4) is 0 Å². The number of ether oxygens (including phenoxy) is 1. The molecule has 1 aromatic heterocycles. The minimum absolute atomic E-state index is 0.101. The molecule has 0 aliphatic carbocycles. The minimum Gasteiger partial charge on any atom is -0.456 e. The second-order valence-corrected chi connectivity index (χ2v) is 9.77. The average Bonchev–Trinajstić information content (AvgIpc) is 3.44. The summed E-state index contributed by atoms with van der Waals surface area (Å²) >= 11 is 3.62. The van der Waals surface area contributed by atoms with Gasteiger partial charge in [0.1, 0.15) is 23.6 Å². The van der Waals surface area contributed by atoms with Crippen LogP contribution >= 0.6 is 15.9 Å². The van der Waals surface area contributed by atoms with Crippen molar-refractivity contribution in [2.45, 2.75) is 25.4 Å². The number of nitrogens with one attached hydrogen (secondary N) is 1. The van der Waals surface area contributed by atoms with E-state index < -0.39 is 6.04 Å². The molecule has 2 aliphatic rings. The summed E-state index contributed by atoms with van der Waals surface area (Å²) in [6.45, 7) is 0.931. The summed E-state index contributed by atoms with van der Waals surface area (Å²) in [6, 6.07) is 16.6. The summed E-state index contributed by atoms with van der Waals surface area (Å²) in [5.74, 6) is 0.607. The Morgan fingerprint density at radius 3 is 2.86 bits per heavy atom. The van der Waals surface area contributed by atoms with E-state index in [1.165, 1.54) is 0 Å². The highest BCUT2D eigenvalue weighted by molar-refractivity contribution is 9.10. The summed E-state index contributed by atoms with van der Waals surface area (Å²) < 4.78 is 8.88. The topological polar surface area (TPSA) is 100 Å². The molecule has 1 unspecified atom stereocenters. The maximum atomic E-state index is 13.4. The number of amides is 2. The standard InChI is InChI=1S/C27H20BrN5O3/c28-22-6-4-17-3-5-20-11-21(17)26(22)33-8-7-23(27(33)35)31-25(34)10-19-13-30-15-32(19)14-16-1-2-18(12-29)24(9-16)36-20/h1-6,9,11,13,15,23H,7-8,10,14H2,(H,31,34). The Bertz CT molecular complexity index is 1590. The van der Waals surface area contributed by atoms with Crippen molar-refractivity contribution in [2.75, 3.05) is 11.4 Å². The predicted octanol–water partition coefficient (Wildman–Crippen LogP) is 4.29. The van der Waals surface area contributed by atoms with Gasteiger partial charge in [0.15, 0.2) is 0 Å². The van der Waals surface area contributed by atoms with Gasteiger partial charge >= 0.3 is 0 Å². The number of halogens is 1. The minimum atomic E-state index is -0.598. The number of carbonyl (C=O) groups excluding carboxylic acids is 2. The van der Waals surface area contributed by atoms with Gasteiger partial charge < -0.3 is 19.5 Å². The smallest absolute Gasteiger partial charge is 0.249 e. The molecule has 2 aliphatic heterocycles. The van der Waals surface area contributed by atoms with Gasteiger partial charge in [0, 0.05) is 34.8 Å². The van der Waals surface area contributed by atoms with Crippen molar-refractivity contribution in [1.29, 1.82) is 5.26 Å². The van der Waals surface area contributed by atoms with Crippen molar-refractivity contribution in [3.8, 4) is 17.6 Å². The number of nitrogens with zero attached hydrogens (tertiary/aromatic N) is 4. The zero-order valence-electron chi connectivity index (χ0n) is 19.1. The molecule has 0 spiro atoms. The largest absolute Gasteiger partial charge is 0.456 e. The monoisotopic (exact) mass is 541 g/mol. The van der Waals surface area contributed by atoms with E-state index in [-0.39, 0.29) is 18.2 Å². The van der Waals surface area contributed by atoms with Crippen LogP contribution in [-0.4, -0.2) is 34.0 Å². The molecule has 9 heteroatoms. The van der Waals surface area contributed by atoms with Crippen molar-refractivity contribution in [3.05, 3.63) is 82.3 Å². The molecule has 6 rings (SSSR count). The quantitative estimate of drug-likeness (QED) is 0.358. The predicted molar refractivity (Wildman–Crippen MR) is 137 cm³/mol. The van der Waals surface area contributed by atoms with Crippen LogP contribution in [0.25, 0.3) is 10.8 Å². The molecule has 8 nitrogen and oxygen atoms in total. The fraction of sp³-hybridized carbons (Fsp3) is 0.185. The Kier molecular flexibility index (Phi) is 5.46. The Morgan fingerprint density at radius 1 is 1.14 bits per heavy atom. The molecule has 3 heterocycles. The highest BCUT2D eigenvalue weighted by Crippen LogP contribution is 2.39. The summed E-state index contributed by atoms with van der Waals surface area (Å²) in [7, 11) is 0. The zero-order valence-corrected chi connectivity index (χ0v) is 20.7. The van der Waals surface area contributed by atoms with Gasteiger partial charge in [-0.15, -0.1) is 0 Å². The van der Waals surface area contributed by atoms with E-state index >= 15 is 0 Å². The molecule has 3 aromatic carbocycles. The molecule has 6 bridgehead atoms. The first-order valence-electron chi connectivity index (χ1n) is 11.5. The Balaban J connectivity index is 1.52. The summed E-state index contributed by atoms with van der Waals surface area (Å²) in [6.07, 6.45) is 3.93. The SMILES string of the molecule is N#Cc1ccc2cc1Oc1ccc3ccc(Br)c(c3c1)N1CCC(NC(=O)Cc3cncn3C2)C1=O. The molecule has 178 valence electrons. The maximum Gasteiger partial charge on any atom is 0.249 e. The number of imidazole rings is 1. The molecule has 0 saturated carbocycles. The van der Waals surface area contributed by atoms with Crippen LogP contribution in [0.4, 0.5) is 5.69 Å². The van der Waals surface area contributed by atoms with Gasteiger partial charge in [0.25, 0.3) is 0 Å². The third-order valence-electron chi connectivity index (χ3n) is 6.61. The number of hydrogen-bond acceptors (Lipinski definition) is 5. The number of benzene rings is 3. The van der Waals surface area contributed by atoms with Crippen molar-refractivity contribution in [2.24, 2.45) is 0 Å². The van der Waals surface area contributed by atoms with Gasteiger partial charge in [-0.05, 0) is 63.6 Å². The van der Waals surface area contributed by atoms with Crippen molar-refractivity contribution < 1.29 is 14.3 Å². The number of carbonyl (C=O) groups is 2. The first-order valence-corrected chi connectivity index (χ1v) is 12.3. The van der Waals surface area contributed by atoms with Crippen LogP contribution < -0.4 is 15.0 Å². The van der Waals surface area contributed by atoms with Crippen LogP contribution in [0.5, 0.6) is 11.5 Å². The van der Waals surface area contributed by atoms with Crippen LogP contribution in [-0.2, 0) is 22.6 Å². The van der Waals surface area contributed by atoms with E-state index in [9.17, 15) is 14.9 Å². The van der Waals surface area contributed by atoms with Crippen molar-refractivity contribution in [3.63, 3.8) is 0 Å². The Labute approximate surface area is 215 Å². The lowest BCUT2D eigenvalue weighted by Gasteiger charge is -2.21. The molecule has 0 radical (unpaired) electrons. The molecular formula is C27H20BrN5O3. The van der Waals surface area contributed by atoms with Gasteiger partial charge in [-0.25, -0.2) is 4.98 Å². The first kappa shape index (κ1) is 22.3. The van der Waals surface area contributed by atoms with Crippen molar-refractivity contribution in [1.82, 2.24) is 14.9 Å². The fourth-order valence-electron chi connectivity index (χ4n) is 4.84. The zero-order chi connectivity index (χ0) is 24.8. The Hall–Kier alpha value is -4.16. The second-order valence-electron chi connectivity index (χ2n) is 8.91. The number of hydrogen-bond donors (Lipinski definition) is 1. The molecule has 1 saturated heterocycles. The lowest BCUT2D eigenvalue weighted by atomic mass is 10.1. The fourth-order valence-corrected chi connectivity index (χ4v) is 5.40. The highest BCUT2D eigenvalue weighted by atomic mass is 79.9. The lowest BCUT2D eigenvalue weighted by Crippen LogP contribution is -2.42. The number of anilines is 1. The number of fused-ring (bicyclic) bond motifs is 7. The van der Waals surface area contributed by atoms with Gasteiger partial charge in [0.2, 0.25) is 11.8 Å². The van der Waals surface area contributed by atoms with Gasteiger partial charge in [-0.3, -0.25) is 9.59 Å². The molecule has 2 amide bonds. The van der Waals surface area contributed by atoms with Crippen molar-refractivity contribution >= 4 is 44.2 Å². The van der Waals surface area contributed by atoms with Crippen LogP contribution in [0.2, 0.25) is 0 Å². The van der Waals surface area contributed by atoms with E-state index in [2.05, 4.69) is 32.3 Å². The second kappa shape index (κ2) is 8.81. The van der Waals surface area contributed by atoms with Gasteiger partial charge in [-0.1, -0.05) is 18.2 Å². The van der Waals surface area contributed by atoms with Crippen LogP contribution in [0.15, 0.2) is 65.5 Å². The van der Waals surface area contributed by atoms with E-state index in [0.29, 0.717) is 36.6 Å². The highest BCUT2D eigenvalue weighted by Gasteiger charge is 2.35. The molecule has 36 heavy (non-hydrogen) atoms. The maximum absolute atomic E-state index is 13.4. The van der Waals surface area contributed by atoms with Gasteiger partial charge in [-0.2, -0.15) is 5.26 Å². The molecule has 1 fully saturated rings. The molecule has 1 atom stereocenters. The molecular weight excluding hydrogens is 522 g/mol. The molecule has 1 N–H and O–H groups in total. The Morgan fingerprint density at radius 2 is 2.00 bits per heavy atom. The third kappa shape index (κ3) is 3.89. The molecule has 4 aromatic rings. The summed E-state index contributed by atoms with van der Waals surface area (Å²) in [5.41, 5.74) is 2.77. The summed E-state index contributed by atoms with van der Waals surface area (Å²) in [5, 5.41) is 14.4. The first-order chi connectivity index (χ1) is 17.5. The van der Waals surface area contributed by atoms with E-state index in [4.69, 9.17) is 4.74 Å². The average molecular weight is 542 g/mol. The number of rotatable bonds is 0. The van der Waals surface area contributed by atoms with Crippen LogP contribution in [0, 0.1) is 11.3 Å². The third-order valence-corrected chi connectivity index (χ3v) is 7.25. The van der Waals surface area contributed by atoms with E-state index in [1.807, 2.05) is 47.0 Å². The number of aromatic nitrogens is 2. The number of nitriles is 1. The van der Waals surface area contributed by atoms with Gasteiger partial charge in [0.05, 0.1) is 24.0 Å². The lowest BCUT2D eigenvalue weighted by molar-refractivity contribution is -0.126. The summed E-state index contributed by atoms with van der Waals surface area (Å²) in [4.78, 5) is 32.2. The van der Waals surface area contributed by atoms with E-state index in [0.717, 1.165) is 32.2 Å². The normalized spacial score (nSPS) is 17.3. The van der Waals surface area contributed by atoms with E-state index in [1.54, 1.807) is 23.5 Å².